The zero-order chi connectivity index (χ0) is 21.1. The van der Waals surface area contributed by atoms with Crippen LogP contribution in [0.3, 0.4) is 0 Å². The maximum atomic E-state index is 12.8. The average Bonchev–Trinajstić information content (AvgIpc) is 2.98. The lowest BCUT2D eigenvalue weighted by molar-refractivity contribution is -0.138. The van der Waals surface area contributed by atoms with E-state index in [0.29, 0.717) is 11.3 Å². The number of hydrogen-bond acceptors (Lipinski definition) is 4. The van der Waals surface area contributed by atoms with Crippen molar-refractivity contribution in [1.82, 2.24) is 9.80 Å². The van der Waals surface area contributed by atoms with Crippen molar-refractivity contribution in [1.29, 1.82) is 0 Å². The summed E-state index contributed by atoms with van der Waals surface area (Å²) in [6.07, 6.45) is 3.17. The van der Waals surface area contributed by atoms with Crippen LogP contribution >= 0.6 is 11.6 Å². The van der Waals surface area contributed by atoms with Crippen LogP contribution in [-0.4, -0.2) is 40.6 Å². The second-order valence-corrected chi connectivity index (χ2v) is 7.81. The maximum Gasteiger partial charge on any atom is 0.279 e. The summed E-state index contributed by atoms with van der Waals surface area (Å²) in [6.45, 7) is 1.66. The number of nitrogens with zero attached hydrogens (tertiary/aromatic N) is 2. The number of likely N-dealkylation sites (tertiary alicyclic amines) is 1. The van der Waals surface area contributed by atoms with Crippen molar-refractivity contribution >= 4 is 35.0 Å². The summed E-state index contributed by atoms with van der Waals surface area (Å²) < 4.78 is 0. The first-order valence-corrected chi connectivity index (χ1v) is 10.4. The van der Waals surface area contributed by atoms with Gasteiger partial charge in [-0.25, -0.2) is 0 Å². The first-order valence-electron chi connectivity index (χ1n) is 10.0. The molecule has 4 rings (SSSR count). The fourth-order valence-electron chi connectivity index (χ4n) is 3.72. The Morgan fingerprint density at radius 1 is 0.933 bits per heavy atom. The Bertz CT molecular complexity index is 1010. The van der Waals surface area contributed by atoms with E-state index in [1.165, 1.54) is 0 Å². The molecule has 2 aliphatic heterocycles. The van der Waals surface area contributed by atoms with Gasteiger partial charge in [-0.3, -0.25) is 19.3 Å². The molecule has 1 fully saturated rings. The van der Waals surface area contributed by atoms with Crippen LogP contribution in [0.25, 0.3) is 0 Å². The number of halogens is 1. The Labute approximate surface area is 180 Å². The number of nitrogens with one attached hydrogen (secondary N) is 1. The molecule has 154 valence electrons. The van der Waals surface area contributed by atoms with E-state index in [9.17, 15) is 14.4 Å². The molecule has 2 aliphatic rings. The van der Waals surface area contributed by atoms with Gasteiger partial charge in [0.2, 0.25) is 0 Å². The Morgan fingerprint density at radius 2 is 1.67 bits per heavy atom. The number of hydrogen-bond donors (Lipinski definition) is 1. The molecule has 0 saturated carbocycles. The Hall–Kier alpha value is -3.12. The molecule has 2 aromatic carbocycles. The normalized spacial score (nSPS) is 17.0. The quantitative estimate of drug-likeness (QED) is 0.744. The van der Waals surface area contributed by atoms with E-state index >= 15 is 0 Å². The molecule has 0 aliphatic carbocycles. The Balaban J connectivity index is 1.50. The molecule has 6 nitrogen and oxygen atoms in total. The number of carbonyl (C=O) groups is 3. The minimum absolute atomic E-state index is 0.0279. The molecule has 0 unspecified atom stereocenters. The summed E-state index contributed by atoms with van der Waals surface area (Å²) in [6, 6.07) is 16.2. The van der Waals surface area contributed by atoms with Crippen molar-refractivity contribution in [2.24, 2.45) is 0 Å². The lowest BCUT2D eigenvalue weighted by Gasteiger charge is -2.26. The van der Waals surface area contributed by atoms with Gasteiger partial charge in [0, 0.05) is 24.3 Å². The zero-order valence-electron chi connectivity index (χ0n) is 16.4. The first kappa shape index (κ1) is 20.2. The third-order valence-corrected chi connectivity index (χ3v) is 5.67. The van der Waals surface area contributed by atoms with Gasteiger partial charge in [-0.15, -0.1) is 0 Å². The van der Waals surface area contributed by atoms with E-state index in [1.807, 2.05) is 35.2 Å². The van der Waals surface area contributed by atoms with Crippen molar-refractivity contribution in [2.45, 2.75) is 25.8 Å². The van der Waals surface area contributed by atoms with Crippen molar-refractivity contribution in [3.05, 3.63) is 76.5 Å². The molecule has 30 heavy (non-hydrogen) atoms. The predicted octanol–water partition coefficient (Wildman–Crippen LogP) is 3.74. The number of anilines is 1. The van der Waals surface area contributed by atoms with Gasteiger partial charge >= 0.3 is 0 Å². The number of rotatable bonds is 5. The highest BCUT2D eigenvalue weighted by Gasteiger charge is 2.37. The third-order valence-electron chi connectivity index (χ3n) is 5.32. The van der Waals surface area contributed by atoms with E-state index in [0.717, 1.165) is 42.8 Å². The number of imide groups is 1. The van der Waals surface area contributed by atoms with Gasteiger partial charge in [0.15, 0.2) is 0 Å². The highest BCUT2D eigenvalue weighted by Crippen LogP contribution is 2.27. The van der Waals surface area contributed by atoms with Crippen LogP contribution in [0.5, 0.6) is 0 Å². The lowest BCUT2D eigenvalue weighted by atomic mass is 10.1. The fraction of sp³-hybridized carbons (Fsp3) is 0.261. The predicted molar refractivity (Wildman–Crippen MR) is 115 cm³/mol. The topological polar surface area (TPSA) is 69.7 Å². The highest BCUT2D eigenvalue weighted by atomic mass is 35.5. The number of amides is 3. The van der Waals surface area contributed by atoms with Crippen LogP contribution in [0.15, 0.2) is 65.3 Å². The third kappa shape index (κ3) is 4.09. The van der Waals surface area contributed by atoms with Crippen LogP contribution in [-0.2, 0) is 16.1 Å². The second-order valence-electron chi connectivity index (χ2n) is 7.43. The van der Waals surface area contributed by atoms with Gasteiger partial charge < -0.3 is 10.2 Å². The van der Waals surface area contributed by atoms with Crippen LogP contribution in [0.2, 0.25) is 0 Å². The second kappa shape index (κ2) is 8.71. The molecular weight excluding hydrogens is 402 g/mol. The number of carbonyl (C=O) groups excluding carboxylic acids is 3. The summed E-state index contributed by atoms with van der Waals surface area (Å²) in [7, 11) is 0. The van der Waals surface area contributed by atoms with Gasteiger partial charge in [-0.05, 0) is 43.0 Å². The summed E-state index contributed by atoms with van der Waals surface area (Å²) in [5, 5.41) is 2.80. The standard InChI is InChI=1S/C23H22ClN3O3/c24-19-20(23(30)27(22(19)29)15-16-8-3-1-4-9-16)25-18-11-7-10-17(14-18)21(28)26-12-5-2-6-13-26/h1,3-4,7-11,14,25H,2,5-6,12-13,15H2. The average molecular weight is 424 g/mol. The number of piperidine rings is 1. The summed E-state index contributed by atoms with van der Waals surface area (Å²) >= 11 is 6.19. The molecule has 0 bridgehead atoms. The molecular formula is C23H22ClN3O3. The van der Waals surface area contributed by atoms with E-state index in [-0.39, 0.29) is 23.2 Å². The van der Waals surface area contributed by atoms with Gasteiger partial charge in [-0.1, -0.05) is 48.0 Å². The smallest absolute Gasteiger partial charge is 0.279 e. The Morgan fingerprint density at radius 3 is 2.40 bits per heavy atom. The minimum atomic E-state index is -0.534. The van der Waals surface area contributed by atoms with E-state index in [4.69, 9.17) is 11.6 Å². The van der Waals surface area contributed by atoms with Gasteiger partial charge in [-0.2, -0.15) is 0 Å². The summed E-state index contributed by atoms with van der Waals surface area (Å²) in [4.78, 5) is 41.1. The molecule has 7 heteroatoms. The van der Waals surface area contributed by atoms with E-state index in [1.54, 1.807) is 24.3 Å². The summed E-state index contributed by atoms with van der Waals surface area (Å²) in [5.74, 6) is -1.05. The van der Waals surface area contributed by atoms with Gasteiger partial charge in [0.05, 0.1) is 6.54 Å². The largest absolute Gasteiger partial charge is 0.350 e. The SMILES string of the molecule is O=C(c1cccc(NC2=C(Cl)C(=O)N(Cc3ccccc3)C2=O)c1)N1CCCCC1. The maximum absolute atomic E-state index is 12.8. The summed E-state index contributed by atoms with van der Waals surface area (Å²) in [5.41, 5.74) is 1.93. The van der Waals surface area contributed by atoms with Crippen molar-refractivity contribution in [2.75, 3.05) is 18.4 Å². The van der Waals surface area contributed by atoms with Gasteiger partial charge in [0.25, 0.3) is 17.7 Å². The van der Waals surface area contributed by atoms with Crippen molar-refractivity contribution < 1.29 is 14.4 Å². The first-order chi connectivity index (χ1) is 14.5. The molecule has 0 radical (unpaired) electrons. The lowest BCUT2D eigenvalue weighted by Crippen LogP contribution is -2.35. The van der Waals surface area contributed by atoms with Gasteiger partial charge in [0.1, 0.15) is 10.7 Å². The molecule has 0 aromatic heterocycles. The Kier molecular flexibility index (Phi) is 5.86. The molecule has 2 aromatic rings. The van der Waals surface area contributed by atoms with Crippen LogP contribution in [0.4, 0.5) is 5.69 Å². The van der Waals surface area contributed by atoms with Crippen LogP contribution in [0.1, 0.15) is 35.2 Å². The molecule has 1 N–H and O–H groups in total. The fourth-order valence-corrected chi connectivity index (χ4v) is 3.95. The van der Waals surface area contributed by atoms with E-state index in [2.05, 4.69) is 5.32 Å². The van der Waals surface area contributed by atoms with Crippen molar-refractivity contribution in [3.8, 4) is 0 Å². The minimum Gasteiger partial charge on any atom is -0.350 e. The monoisotopic (exact) mass is 423 g/mol. The zero-order valence-corrected chi connectivity index (χ0v) is 17.2. The molecule has 1 saturated heterocycles. The van der Waals surface area contributed by atoms with Crippen LogP contribution in [0, 0.1) is 0 Å². The molecule has 3 amide bonds. The van der Waals surface area contributed by atoms with Crippen LogP contribution < -0.4 is 5.32 Å². The van der Waals surface area contributed by atoms with Crippen molar-refractivity contribution in [3.63, 3.8) is 0 Å². The molecule has 0 spiro atoms. The molecule has 2 heterocycles. The number of benzene rings is 2. The van der Waals surface area contributed by atoms with E-state index < -0.39 is 11.8 Å². The highest BCUT2D eigenvalue weighted by molar-refractivity contribution is 6.48. The molecule has 0 atom stereocenters.